The Morgan fingerprint density at radius 3 is 2.11 bits per heavy atom. The van der Waals surface area contributed by atoms with Crippen LogP contribution in [-0.4, -0.2) is 38.5 Å². The largest absolute Gasteiger partial charge is 0.356 e. The van der Waals surface area contributed by atoms with Crippen LogP contribution < -0.4 is 16.0 Å². The number of benzene rings is 2. The third-order valence-corrected chi connectivity index (χ3v) is 4.80. The zero-order valence-corrected chi connectivity index (χ0v) is 17.9. The minimum atomic E-state index is -0.0589. The summed E-state index contributed by atoms with van der Waals surface area (Å²) in [5.74, 6) is 0.706. The van der Waals surface area contributed by atoms with Gasteiger partial charge in [-0.25, -0.2) is 0 Å². The van der Waals surface area contributed by atoms with Gasteiger partial charge in [0.15, 0.2) is 5.96 Å². The second kappa shape index (κ2) is 10.3. The lowest BCUT2D eigenvalue weighted by molar-refractivity contribution is 0.0954. The van der Waals surface area contributed by atoms with E-state index in [1.807, 2.05) is 30.3 Å². The van der Waals surface area contributed by atoms with E-state index in [-0.39, 0.29) is 35.3 Å². The van der Waals surface area contributed by atoms with Crippen molar-refractivity contribution in [3.63, 3.8) is 0 Å². The molecule has 0 radical (unpaired) electrons. The van der Waals surface area contributed by atoms with Gasteiger partial charge in [-0.05, 0) is 30.5 Å². The maximum atomic E-state index is 12.0. The summed E-state index contributed by atoms with van der Waals surface area (Å²) in [5.41, 5.74) is 2.30. The van der Waals surface area contributed by atoms with E-state index in [0.717, 1.165) is 12.5 Å². The van der Waals surface area contributed by atoms with Crippen LogP contribution in [-0.2, 0) is 5.41 Å². The van der Waals surface area contributed by atoms with E-state index >= 15 is 0 Å². The first kappa shape index (κ1) is 21.2. The Bertz CT molecular complexity index is 745. The molecular weight excluding hydrogens is 451 g/mol. The second-order valence-corrected chi connectivity index (χ2v) is 6.62. The van der Waals surface area contributed by atoms with E-state index in [1.54, 1.807) is 7.05 Å². The van der Waals surface area contributed by atoms with Gasteiger partial charge in [-0.3, -0.25) is 9.79 Å². The van der Waals surface area contributed by atoms with E-state index < -0.39 is 0 Å². The van der Waals surface area contributed by atoms with Crippen molar-refractivity contribution in [1.82, 2.24) is 16.0 Å². The van der Waals surface area contributed by atoms with Crippen molar-refractivity contribution in [1.29, 1.82) is 0 Å². The Morgan fingerprint density at radius 1 is 0.926 bits per heavy atom. The first-order valence-corrected chi connectivity index (χ1v) is 9.07. The van der Waals surface area contributed by atoms with Crippen LogP contribution in [0.1, 0.15) is 28.8 Å². The smallest absolute Gasteiger partial charge is 0.251 e. The van der Waals surface area contributed by atoms with Gasteiger partial charge in [0, 0.05) is 37.7 Å². The van der Waals surface area contributed by atoms with E-state index in [1.165, 1.54) is 18.4 Å². The first-order chi connectivity index (χ1) is 12.7. The molecule has 1 saturated carbocycles. The minimum Gasteiger partial charge on any atom is -0.356 e. The summed E-state index contributed by atoms with van der Waals surface area (Å²) in [5, 5.41) is 9.57. The van der Waals surface area contributed by atoms with Gasteiger partial charge in [0.05, 0.1) is 0 Å². The van der Waals surface area contributed by atoms with Crippen LogP contribution in [0.25, 0.3) is 0 Å². The highest BCUT2D eigenvalue weighted by atomic mass is 127. The van der Waals surface area contributed by atoms with Gasteiger partial charge in [0.25, 0.3) is 5.91 Å². The summed E-state index contributed by atoms with van der Waals surface area (Å²) in [4.78, 5) is 16.3. The zero-order valence-electron chi connectivity index (χ0n) is 15.6. The summed E-state index contributed by atoms with van der Waals surface area (Å²) >= 11 is 0. The molecule has 2 aromatic rings. The number of hydrogen-bond donors (Lipinski definition) is 3. The second-order valence-electron chi connectivity index (χ2n) is 6.62. The lowest BCUT2D eigenvalue weighted by atomic mass is 9.96. The molecule has 0 heterocycles. The summed E-state index contributed by atoms with van der Waals surface area (Å²) in [6.45, 7) is 2.03. The summed E-state index contributed by atoms with van der Waals surface area (Å²) < 4.78 is 0. The lowest BCUT2D eigenvalue weighted by Crippen LogP contribution is -2.44. The van der Waals surface area contributed by atoms with Crippen LogP contribution in [0.3, 0.4) is 0 Å². The molecule has 1 aliphatic rings. The highest BCUT2D eigenvalue weighted by Crippen LogP contribution is 2.47. The SMILES string of the molecule is CN=C(NCCNC(=O)c1ccccc1)NCC1(c2ccccc2)CC1.I. The molecule has 1 aliphatic carbocycles. The average Bonchev–Trinajstić information content (AvgIpc) is 3.50. The van der Waals surface area contributed by atoms with Crippen molar-refractivity contribution in [2.45, 2.75) is 18.3 Å². The molecule has 3 N–H and O–H groups in total. The molecule has 5 nitrogen and oxygen atoms in total. The Morgan fingerprint density at radius 2 is 1.52 bits per heavy atom. The Kier molecular flexibility index (Phi) is 8.09. The van der Waals surface area contributed by atoms with Gasteiger partial charge in [-0.2, -0.15) is 0 Å². The van der Waals surface area contributed by atoms with E-state index in [0.29, 0.717) is 18.7 Å². The van der Waals surface area contributed by atoms with Crippen LogP contribution in [0, 0.1) is 0 Å². The number of rotatable bonds is 7. The van der Waals surface area contributed by atoms with Crippen molar-refractivity contribution in [2.75, 3.05) is 26.7 Å². The molecule has 144 valence electrons. The molecule has 0 bridgehead atoms. The fourth-order valence-corrected chi connectivity index (χ4v) is 3.03. The predicted octanol–water partition coefficient (Wildman–Crippen LogP) is 2.93. The maximum Gasteiger partial charge on any atom is 0.251 e. The van der Waals surface area contributed by atoms with E-state index in [4.69, 9.17) is 0 Å². The normalized spacial score (nSPS) is 14.6. The summed E-state index contributed by atoms with van der Waals surface area (Å²) in [6, 6.07) is 19.9. The molecule has 0 aromatic heterocycles. The summed E-state index contributed by atoms with van der Waals surface area (Å²) in [7, 11) is 1.76. The number of aliphatic imine (C=N–C) groups is 1. The van der Waals surface area contributed by atoms with Crippen LogP contribution in [0.15, 0.2) is 65.7 Å². The molecule has 2 aromatic carbocycles. The Labute approximate surface area is 178 Å². The van der Waals surface area contributed by atoms with E-state index in [9.17, 15) is 4.79 Å². The van der Waals surface area contributed by atoms with Gasteiger partial charge < -0.3 is 16.0 Å². The van der Waals surface area contributed by atoms with Crippen molar-refractivity contribution >= 4 is 35.8 Å². The van der Waals surface area contributed by atoms with Crippen LogP contribution in [0.2, 0.25) is 0 Å². The fourth-order valence-electron chi connectivity index (χ4n) is 3.03. The summed E-state index contributed by atoms with van der Waals surface area (Å²) in [6.07, 6.45) is 2.41. The Balaban J connectivity index is 0.00000261. The number of carbonyl (C=O) groups is 1. The molecule has 0 spiro atoms. The minimum absolute atomic E-state index is 0. The van der Waals surface area contributed by atoms with Crippen molar-refractivity contribution in [3.8, 4) is 0 Å². The van der Waals surface area contributed by atoms with Gasteiger partial charge in [-0.15, -0.1) is 24.0 Å². The highest BCUT2D eigenvalue weighted by Gasteiger charge is 2.43. The number of amides is 1. The number of nitrogens with zero attached hydrogens (tertiary/aromatic N) is 1. The van der Waals surface area contributed by atoms with E-state index in [2.05, 4.69) is 51.3 Å². The van der Waals surface area contributed by atoms with Crippen LogP contribution in [0.5, 0.6) is 0 Å². The van der Waals surface area contributed by atoms with Gasteiger partial charge in [-0.1, -0.05) is 48.5 Å². The lowest BCUT2D eigenvalue weighted by Gasteiger charge is -2.19. The molecule has 0 unspecified atom stereocenters. The molecule has 0 saturated heterocycles. The molecule has 27 heavy (non-hydrogen) atoms. The standard InChI is InChI=1S/C21H26N4O.HI/c1-22-20(24-15-14-23-19(26)17-8-4-2-5-9-17)25-16-21(12-13-21)18-10-6-3-7-11-18;/h2-11H,12-16H2,1H3,(H,23,26)(H2,22,24,25);1H. The molecule has 0 aliphatic heterocycles. The van der Waals surface area contributed by atoms with Gasteiger partial charge >= 0.3 is 0 Å². The van der Waals surface area contributed by atoms with Crippen molar-refractivity contribution in [2.24, 2.45) is 4.99 Å². The van der Waals surface area contributed by atoms with Crippen molar-refractivity contribution < 1.29 is 4.79 Å². The molecule has 1 fully saturated rings. The highest BCUT2D eigenvalue weighted by molar-refractivity contribution is 14.0. The number of carbonyl (C=O) groups excluding carboxylic acids is 1. The monoisotopic (exact) mass is 478 g/mol. The van der Waals surface area contributed by atoms with Gasteiger partial charge in [0.2, 0.25) is 0 Å². The molecule has 6 heteroatoms. The topological polar surface area (TPSA) is 65.5 Å². The molecule has 3 rings (SSSR count). The van der Waals surface area contributed by atoms with Crippen LogP contribution in [0.4, 0.5) is 0 Å². The number of nitrogens with one attached hydrogen (secondary N) is 3. The molecular formula is C21H27IN4O. The average molecular weight is 478 g/mol. The number of halogens is 1. The molecule has 1 amide bonds. The molecule has 0 atom stereocenters. The predicted molar refractivity (Wildman–Crippen MR) is 121 cm³/mol. The first-order valence-electron chi connectivity index (χ1n) is 9.07. The Hall–Kier alpha value is -2.09. The number of guanidine groups is 1. The fraction of sp³-hybridized carbons (Fsp3) is 0.333. The van der Waals surface area contributed by atoms with Gasteiger partial charge in [0.1, 0.15) is 0 Å². The number of hydrogen-bond acceptors (Lipinski definition) is 2. The van der Waals surface area contributed by atoms with Crippen molar-refractivity contribution in [3.05, 3.63) is 71.8 Å². The quantitative estimate of drug-likeness (QED) is 0.248. The zero-order chi connectivity index (χ0) is 18.2. The third-order valence-electron chi connectivity index (χ3n) is 4.80. The maximum absolute atomic E-state index is 12.0. The van der Waals surface area contributed by atoms with Crippen LogP contribution >= 0.6 is 24.0 Å². The third kappa shape index (κ3) is 5.95.